The SMILES string of the molecule is CCCC(CCC)(C(=O)NCCCCOC(C)C)C(N)=S. The van der Waals surface area contributed by atoms with Crippen LogP contribution in [0, 0.1) is 5.41 Å². The molecule has 4 nitrogen and oxygen atoms in total. The largest absolute Gasteiger partial charge is 0.392 e. The summed E-state index contributed by atoms with van der Waals surface area (Å²) < 4.78 is 5.48. The van der Waals surface area contributed by atoms with Gasteiger partial charge in [-0.15, -0.1) is 0 Å². The van der Waals surface area contributed by atoms with Gasteiger partial charge in [0.15, 0.2) is 0 Å². The van der Waals surface area contributed by atoms with Crippen molar-refractivity contribution < 1.29 is 9.53 Å². The fourth-order valence-corrected chi connectivity index (χ4v) is 2.78. The van der Waals surface area contributed by atoms with Gasteiger partial charge in [0.25, 0.3) is 0 Å². The zero-order chi connectivity index (χ0) is 16.3. The van der Waals surface area contributed by atoms with Crippen molar-refractivity contribution in [2.24, 2.45) is 11.1 Å². The van der Waals surface area contributed by atoms with Crippen molar-refractivity contribution >= 4 is 23.1 Å². The van der Waals surface area contributed by atoms with Crippen LogP contribution in [0.5, 0.6) is 0 Å². The third-order valence-corrected chi connectivity index (χ3v) is 3.96. The van der Waals surface area contributed by atoms with Crippen LogP contribution in [-0.4, -0.2) is 30.2 Å². The summed E-state index contributed by atoms with van der Waals surface area (Å²) in [7, 11) is 0. The maximum absolute atomic E-state index is 12.5. The summed E-state index contributed by atoms with van der Waals surface area (Å²) in [6.45, 7) is 9.54. The second kappa shape index (κ2) is 11.0. The molecule has 0 radical (unpaired) electrons. The highest BCUT2D eigenvalue weighted by molar-refractivity contribution is 7.80. The van der Waals surface area contributed by atoms with E-state index in [1.54, 1.807) is 0 Å². The van der Waals surface area contributed by atoms with Crippen LogP contribution < -0.4 is 11.1 Å². The Bertz CT molecular complexity index is 313. The highest BCUT2D eigenvalue weighted by atomic mass is 32.1. The first-order valence-corrected chi connectivity index (χ1v) is 8.51. The number of carbonyl (C=O) groups excluding carboxylic acids is 1. The lowest BCUT2D eigenvalue weighted by molar-refractivity contribution is -0.128. The second-order valence-corrected chi connectivity index (χ2v) is 6.27. The molecule has 21 heavy (non-hydrogen) atoms. The maximum Gasteiger partial charge on any atom is 0.233 e. The molecule has 0 atom stereocenters. The zero-order valence-corrected chi connectivity index (χ0v) is 14.9. The molecule has 0 aromatic heterocycles. The van der Waals surface area contributed by atoms with E-state index in [9.17, 15) is 4.79 Å². The van der Waals surface area contributed by atoms with Crippen LogP contribution in [0.15, 0.2) is 0 Å². The summed E-state index contributed by atoms with van der Waals surface area (Å²) in [6, 6.07) is 0. The number of thiocarbonyl (C=S) groups is 1. The number of nitrogens with one attached hydrogen (secondary N) is 1. The zero-order valence-electron chi connectivity index (χ0n) is 14.0. The Balaban J connectivity index is 4.32. The van der Waals surface area contributed by atoms with Crippen LogP contribution in [0.1, 0.15) is 66.2 Å². The van der Waals surface area contributed by atoms with Gasteiger partial charge in [0.2, 0.25) is 5.91 Å². The molecule has 0 fully saturated rings. The summed E-state index contributed by atoms with van der Waals surface area (Å²) in [5.41, 5.74) is 5.21. The minimum Gasteiger partial charge on any atom is -0.392 e. The van der Waals surface area contributed by atoms with Gasteiger partial charge in [-0.05, 0) is 39.5 Å². The Morgan fingerprint density at radius 1 is 1.24 bits per heavy atom. The third kappa shape index (κ3) is 7.23. The number of unbranched alkanes of at least 4 members (excludes halogenated alkanes) is 1. The Morgan fingerprint density at radius 2 is 1.81 bits per heavy atom. The van der Waals surface area contributed by atoms with Crippen LogP contribution >= 0.6 is 12.2 Å². The van der Waals surface area contributed by atoms with Crippen molar-refractivity contribution in [3.63, 3.8) is 0 Å². The summed E-state index contributed by atoms with van der Waals surface area (Å²) in [5, 5.41) is 3.00. The standard InChI is InChI=1S/C16H32N2O2S/c1-5-9-16(10-6-2,14(17)21)15(19)18-11-7-8-12-20-13(3)4/h13H,5-12H2,1-4H3,(H2,17,21)(H,18,19). The normalized spacial score (nSPS) is 11.7. The van der Waals surface area contributed by atoms with Crippen molar-refractivity contribution in [1.29, 1.82) is 0 Å². The van der Waals surface area contributed by atoms with Crippen molar-refractivity contribution in [3.05, 3.63) is 0 Å². The molecule has 5 heteroatoms. The Labute approximate surface area is 135 Å². The van der Waals surface area contributed by atoms with E-state index in [0.29, 0.717) is 11.5 Å². The average Bonchev–Trinajstić information content (AvgIpc) is 2.41. The van der Waals surface area contributed by atoms with E-state index >= 15 is 0 Å². The lowest BCUT2D eigenvalue weighted by Gasteiger charge is -2.31. The summed E-state index contributed by atoms with van der Waals surface area (Å²) in [6.07, 6.45) is 5.34. The van der Waals surface area contributed by atoms with E-state index in [2.05, 4.69) is 19.2 Å². The molecule has 3 N–H and O–H groups in total. The number of hydrogen-bond acceptors (Lipinski definition) is 3. The van der Waals surface area contributed by atoms with Crippen molar-refractivity contribution in [1.82, 2.24) is 5.32 Å². The minimum atomic E-state index is -0.673. The molecule has 0 spiro atoms. The number of carbonyl (C=O) groups is 1. The monoisotopic (exact) mass is 316 g/mol. The predicted octanol–water partition coefficient (Wildman–Crippen LogP) is 3.18. The quantitative estimate of drug-likeness (QED) is 0.429. The Hall–Kier alpha value is -0.680. The van der Waals surface area contributed by atoms with E-state index in [1.165, 1.54) is 0 Å². The van der Waals surface area contributed by atoms with E-state index < -0.39 is 5.41 Å². The Morgan fingerprint density at radius 3 is 2.24 bits per heavy atom. The number of nitrogens with two attached hydrogens (primary N) is 1. The summed E-state index contributed by atoms with van der Waals surface area (Å²) >= 11 is 5.18. The molecule has 0 saturated carbocycles. The molecule has 0 aromatic rings. The van der Waals surface area contributed by atoms with Gasteiger partial charge in [0.05, 0.1) is 16.5 Å². The first kappa shape index (κ1) is 20.3. The molecule has 0 heterocycles. The van der Waals surface area contributed by atoms with Gasteiger partial charge < -0.3 is 15.8 Å². The third-order valence-electron chi connectivity index (χ3n) is 3.57. The smallest absolute Gasteiger partial charge is 0.233 e. The highest BCUT2D eigenvalue weighted by Crippen LogP contribution is 2.30. The lowest BCUT2D eigenvalue weighted by Crippen LogP contribution is -2.49. The molecule has 0 aliphatic carbocycles. The molecule has 0 aliphatic heterocycles. The maximum atomic E-state index is 12.5. The van der Waals surface area contributed by atoms with Gasteiger partial charge in [-0.25, -0.2) is 0 Å². The number of hydrogen-bond donors (Lipinski definition) is 2. The van der Waals surface area contributed by atoms with Crippen molar-refractivity contribution in [2.75, 3.05) is 13.2 Å². The van der Waals surface area contributed by atoms with E-state index in [0.717, 1.165) is 45.1 Å². The summed E-state index contributed by atoms with van der Waals surface area (Å²) in [4.78, 5) is 12.8. The lowest BCUT2D eigenvalue weighted by atomic mass is 9.78. The van der Waals surface area contributed by atoms with Gasteiger partial charge in [-0.2, -0.15) is 0 Å². The second-order valence-electron chi connectivity index (χ2n) is 5.83. The number of amides is 1. The molecule has 0 aromatic carbocycles. The van der Waals surface area contributed by atoms with Crippen LogP contribution in [0.4, 0.5) is 0 Å². The summed E-state index contributed by atoms with van der Waals surface area (Å²) in [5.74, 6) is -0.0107. The van der Waals surface area contributed by atoms with Crippen molar-refractivity contribution in [2.45, 2.75) is 72.3 Å². The van der Waals surface area contributed by atoms with Crippen LogP contribution in [-0.2, 0) is 9.53 Å². The number of rotatable bonds is 12. The van der Waals surface area contributed by atoms with E-state index in [-0.39, 0.29) is 12.0 Å². The fraction of sp³-hybridized carbons (Fsp3) is 0.875. The predicted molar refractivity (Wildman–Crippen MR) is 92.4 cm³/mol. The van der Waals surface area contributed by atoms with Crippen LogP contribution in [0.2, 0.25) is 0 Å². The van der Waals surface area contributed by atoms with Gasteiger partial charge in [-0.1, -0.05) is 38.9 Å². The molecular formula is C16H32N2O2S. The molecule has 0 bridgehead atoms. The molecule has 0 aliphatic rings. The van der Waals surface area contributed by atoms with E-state index in [4.69, 9.17) is 22.7 Å². The van der Waals surface area contributed by atoms with Gasteiger partial charge >= 0.3 is 0 Å². The number of ether oxygens (including phenoxy) is 1. The molecule has 0 saturated heterocycles. The Kier molecular flexibility index (Phi) is 10.6. The highest BCUT2D eigenvalue weighted by Gasteiger charge is 2.39. The van der Waals surface area contributed by atoms with Gasteiger partial charge in [0.1, 0.15) is 0 Å². The van der Waals surface area contributed by atoms with Crippen LogP contribution in [0.25, 0.3) is 0 Å². The van der Waals surface area contributed by atoms with Gasteiger partial charge in [-0.3, -0.25) is 4.79 Å². The van der Waals surface area contributed by atoms with E-state index in [1.807, 2.05) is 13.8 Å². The topological polar surface area (TPSA) is 64.3 Å². The molecule has 0 rings (SSSR count). The van der Waals surface area contributed by atoms with Crippen LogP contribution in [0.3, 0.4) is 0 Å². The first-order valence-electron chi connectivity index (χ1n) is 8.10. The van der Waals surface area contributed by atoms with Crippen molar-refractivity contribution in [3.8, 4) is 0 Å². The molecular weight excluding hydrogens is 284 g/mol. The average molecular weight is 317 g/mol. The molecule has 0 unspecified atom stereocenters. The molecule has 1 amide bonds. The first-order chi connectivity index (χ1) is 9.90. The van der Waals surface area contributed by atoms with Gasteiger partial charge in [0, 0.05) is 13.2 Å². The fourth-order valence-electron chi connectivity index (χ4n) is 2.48. The molecule has 124 valence electrons. The minimum absolute atomic E-state index is 0.0107.